The van der Waals surface area contributed by atoms with Gasteiger partial charge >= 0.3 is 5.97 Å². The first kappa shape index (κ1) is 15.6. The lowest BCUT2D eigenvalue weighted by atomic mass is 10.0. The van der Waals surface area contributed by atoms with E-state index in [-0.39, 0.29) is 23.5 Å². The van der Waals surface area contributed by atoms with Crippen molar-refractivity contribution in [2.75, 3.05) is 6.61 Å². The largest absolute Gasteiger partial charge is 0.463 e. The van der Waals surface area contributed by atoms with Crippen LogP contribution in [-0.2, 0) is 9.53 Å². The van der Waals surface area contributed by atoms with Crippen LogP contribution in [0.4, 0.5) is 0 Å². The SMILES string of the molecule is C=C(CC(CCCCC)[N+](=O)[O-])C(=O)OCC. The molecule has 0 rings (SSSR count). The van der Waals surface area contributed by atoms with Crippen LogP contribution in [0, 0.1) is 10.1 Å². The maximum atomic E-state index is 11.3. The smallest absolute Gasteiger partial charge is 0.333 e. The Morgan fingerprint density at radius 2 is 2.06 bits per heavy atom. The van der Waals surface area contributed by atoms with Gasteiger partial charge in [-0.05, 0) is 13.3 Å². The molecule has 0 aromatic carbocycles. The molecule has 0 aromatic rings. The number of nitro groups is 1. The molecule has 0 bridgehead atoms. The van der Waals surface area contributed by atoms with Gasteiger partial charge in [0.15, 0.2) is 0 Å². The van der Waals surface area contributed by atoms with Crippen LogP contribution in [0.2, 0.25) is 0 Å². The van der Waals surface area contributed by atoms with Crippen molar-refractivity contribution in [3.8, 4) is 0 Å². The lowest BCUT2D eigenvalue weighted by molar-refractivity contribution is -0.523. The van der Waals surface area contributed by atoms with E-state index >= 15 is 0 Å². The Kier molecular flexibility index (Phi) is 8.01. The fraction of sp³-hybridized carbons (Fsp3) is 0.750. The molecule has 5 nitrogen and oxygen atoms in total. The molecule has 0 heterocycles. The summed E-state index contributed by atoms with van der Waals surface area (Å²) in [4.78, 5) is 21.8. The topological polar surface area (TPSA) is 69.4 Å². The normalized spacial score (nSPS) is 11.9. The number of ether oxygens (including phenoxy) is 1. The summed E-state index contributed by atoms with van der Waals surface area (Å²) in [6, 6.07) is -0.724. The summed E-state index contributed by atoms with van der Waals surface area (Å²) in [5.74, 6) is -0.533. The molecular weight excluding hydrogens is 222 g/mol. The van der Waals surface area contributed by atoms with Gasteiger partial charge in [-0.3, -0.25) is 10.1 Å². The Labute approximate surface area is 102 Å². The molecule has 0 aliphatic carbocycles. The maximum Gasteiger partial charge on any atom is 0.333 e. The second kappa shape index (κ2) is 8.73. The van der Waals surface area contributed by atoms with E-state index in [1.807, 2.05) is 6.92 Å². The van der Waals surface area contributed by atoms with E-state index in [2.05, 4.69) is 6.58 Å². The zero-order valence-corrected chi connectivity index (χ0v) is 10.6. The first-order valence-electron chi connectivity index (χ1n) is 6.01. The second-order valence-electron chi connectivity index (χ2n) is 3.96. The summed E-state index contributed by atoms with van der Waals surface area (Å²) in [7, 11) is 0. The highest BCUT2D eigenvalue weighted by Crippen LogP contribution is 2.14. The third kappa shape index (κ3) is 6.71. The maximum absolute atomic E-state index is 11.3. The number of hydrogen-bond acceptors (Lipinski definition) is 4. The Morgan fingerprint density at radius 3 is 2.53 bits per heavy atom. The predicted molar refractivity (Wildman–Crippen MR) is 65.3 cm³/mol. The monoisotopic (exact) mass is 243 g/mol. The van der Waals surface area contributed by atoms with E-state index in [9.17, 15) is 14.9 Å². The summed E-state index contributed by atoms with van der Waals surface area (Å²) in [5, 5.41) is 10.8. The minimum absolute atomic E-state index is 0.0789. The number of nitrogens with zero attached hydrogens (tertiary/aromatic N) is 1. The first-order chi connectivity index (χ1) is 8.02. The molecule has 0 saturated heterocycles. The molecule has 0 radical (unpaired) electrons. The van der Waals surface area contributed by atoms with Gasteiger partial charge in [0.05, 0.1) is 6.61 Å². The van der Waals surface area contributed by atoms with Gasteiger partial charge in [0.25, 0.3) is 0 Å². The van der Waals surface area contributed by atoms with Crippen molar-refractivity contribution in [2.45, 2.75) is 52.0 Å². The molecule has 1 atom stereocenters. The Bertz CT molecular complexity index is 276. The highest BCUT2D eigenvalue weighted by Gasteiger charge is 2.23. The molecule has 0 spiro atoms. The molecule has 0 fully saturated rings. The molecule has 0 N–H and O–H groups in total. The van der Waals surface area contributed by atoms with Gasteiger partial charge in [-0.1, -0.05) is 26.3 Å². The lowest BCUT2D eigenvalue weighted by Crippen LogP contribution is -2.22. The molecule has 0 aromatic heterocycles. The molecule has 0 aliphatic rings. The van der Waals surface area contributed by atoms with E-state index in [1.165, 1.54) is 0 Å². The van der Waals surface area contributed by atoms with E-state index in [1.54, 1.807) is 6.92 Å². The summed E-state index contributed by atoms with van der Waals surface area (Å²) in [5.41, 5.74) is 0.185. The van der Waals surface area contributed by atoms with Crippen LogP contribution < -0.4 is 0 Å². The van der Waals surface area contributed by atoms with Crippen LogP contribution in [0.1, 0.15) is 46.0 Å². The Morgan fingerprint density at radius 1 is 1.41 bits per heavy atom. The van der Waals surface area contributed by atoms with Gasteiger partial charge < -0.3 is 4.74 Å². The van der Waals surface area contributed by atoms with Crippen molar-refractivity contribution in [1.29, 1.82) is 0 Å². The Hall–Kier alpha value is -1.39. The van der Waals surface area contributed by atoms with Gasteiger partial charge in [-0.2, -0.15) is 0 Å². The number of rotatable bonds is 9. The van der Waals surface area contributed by atoms with Crippen molar-refractivity contribution >= 4 is 5.97 Å². The van der Waals surface area contributed by atoms with Crippen molar-refractivity contribution in [3.05, 3.63) is 22.3 Å². The van der Waals surface area contributed by atoms with Gasteiger partial charge in [0.1, 0.15) is 0 Å². The van der Waals surface area contributed by atoms with Crippen molar-refractivity contribution in [2.24, 2.45) is 0 Å². The van der Waals surface area contributed by atoms with Gasteiger partial charge in [-0.25, -0.2) is 4.79 Å². The minimum atomic E-state index is -0.724. The first-order valence-corrected chi connectivity index (χ1v) is 6.01. The van der Waals surface area contributed by atoms with Gasteiger partial charge in [0.2, 0.25) is 6.04 Å². The van der Waals surface area contributed by atoms with Gasteiger partial charge in [0, 0.05) is 23.3 Å². The molecule has 0 saturated carbocycles. The number of carbonyl (C=O) groups excluding carboxylic acids is 1. The number of carbonyl (C=O) groups is 1. The second-order valence-corrected chi connectivity index (χ2v) is 3.96. The number of hydrogen-bond donors (Lipinski definition) is 0. The van der Waals surface area contributed by atoms with Crippen molar-refractivity contribution in [3.63, 3.8) is 0 Å². The average Bonchev–Trinajstić information content (AvgIpc) is 2.27. The highest BCUT2D eigenvalue weighted by molar-refractivity contribution is 5.87. The summed E-state index contributed by atoms with van der Waals surface area (Å²) < 4.78 is 4.75. The van der Waals surface area contributed by atoms with Crippen molar-refractivity contribution < 1.29 is 14.5 Å². The molecule has 0 amide bonds. The van der Waals surface area contributed by atoms with Gasteiger partial charge in [-0.15, -0.1) is 0 Å². The van der Waals surface area contributed by atoms with Crippen LogP contribution in [0.15, 0.2) is 12.2 Å². The van der Waals surface area contributed by atoms with Crippen LogP contribution in [0.25, 0.3) is 0 Å². The molecule has 5 heteroatoms. The quantitative estimate of drug-likeness (QED) is 0.205. The zero-order valence-electron chi connectivity index (χ0n) is 10.6. The van der Waals surface area contributed by atoms with Crippen LogP contribution in [-0.4, -0.2) is 23.5 Å². The van der Waals surface area contributed by atoms with E-state index in [0.29, 0.717) is 6.42 Å². The number of esters is 1. The zero-order chi connectivity index (χ0) is 13.3. The van der Waals surface area contributed by atoms with Crippen LogP contribution >= 0.6 is 0 Å². The Balaban J connectivity index is 4.19. The molecular formula is C12H21NO4. The molecule has 98 valence electrons. The van der Waals surface area contributed by atoms with E-state index in [4.69, 9.17) is 4.74 Å². The summed E-state index contributed by atoms with van der Waals surface area (Å²) in [6.07, 6.45) is 3.35. The molecule has 17 heavy (non-hydrogen) atoms. The van der Waals surface area contributed by atoms with Crippen LogP contribution in [0.5, 0.6) is 0 Å². The summed E-state index contributed by atoms with van der Waals surface area (Å²) in [6.45, 7) is 7.54. The summed E-state index contributed by atoms with van der Waals surface area (Å²) >= 11 is 0. The number of unbranched alkanes of at least 4 members (excludes halogenated alkanes) is 2. The standard InChI is InChI=1S/C12H21NO4/c1-4-6-7-8-11(13(15)16)9-10(3)12(14)17-5-2/h11H,3-9H2,1-2H3. The molecule has 1 unspecified atom stereocenters. The van der Waals surface area contributed by atoms with E-state index < -0.39 is 12.0 Å². The van der Waals surface area contributed by atoms with Crippen LogP contribution in [0.3, 0.4) is 0 Å². The fourth-order valence-electron chi connectivity index (χ4n) is 1.51. The third-order valence-corrected chi connectivity index (χ3v) is 2.49. The predicted octanol–water partition coefficient (Wildman–Crippen LogP) is 2.72. The molecule has 0 aliphatic heterocycles. The average molecular weight is 243 g/mol. The van der Waals surface area contributed by atoms with E-state index in [0.717, 1.165) is 19.3 Å². The minimum Gasteiger partial charge on any atom is -0.463 e. The van der Waals surface area contributed by atoms with Crippen molar-refractivity contribution in [1.82, 2.24) is 0 Å². The highest BCUT2D eigenvalue weighted by atomic mass is 16.6. The fourth-order valence-corrected chi connectivity index (χ4v) is 1.51. The lowest BCUT2D eigenvalue weighted by Gasteiger charge is -2.10. The third-order valence-electron chi connectivity index (χ3n) is 2.49.